The normalized spacial score (nSPS) is 13.4. The highest BCUT2D eigenvalue weighted by Crippen LogP contribution is 2.36. The van der Waals surface area contributed by atoms with E-state index in [1.54, 1.807) is 6.07 Å². The van der Waals surface area contributed by atoms with Crippen molar-refractivity contribution in [2.75, 3.05) is 22.6 Å². The van der Waals surface area contributed by atoms with Gasteiger partial charge in [0.15, 0.2) is 11.6 Å². The lowest BCUT2D eigenvalue weighted by Crippen LogP contribution is -2.12. The summed E-state index contributed by atoms with van der Waals surface area (Å²) in [5.74, 6) is 0.594. The monoisotopic (exact) mass is 418 g/mol. The second-order valence-electron chi connectivity index (χ2n) is 7.60. The van der Waals surface area contributed by atoms with Gasteiger partial charge in [-0.2, -0.15) is 0 Å². The van der Waals surface area contributed by atoms with E-state index in [0.717, 1.165) is 22.6 Å². The number of aryl methyl sites for hydroxylation is 1. The zero-order valence-electron chi connectivity index (χ0n) is 17.0. The van der Waals surface area contributed by atoms with Crippen LogP contribution in [0, 0.1) is 18.6 Å². The van der Waals surface area contributed by atoms with E-state index in [9.17, 15) is 8.78 Å². The third-order valence-corrected chi connectivity index (χ3v) is 5.33. The second kappa shape index (κ2) is 7.46. The first-order valence-corrected chi connectivity index (χ1v) is 9.95. The third-order valence-electron chi connectivity index (χ3n) is 5.33. The molecule has 1 aliphatic heterocycles. The van der Waals surface area contributed by atoms with Crippen LogP contribution < -0.4 is 16.0 Å². The summed E-state index contributed by atoms with van der Waals surface area (Å²) in [7, 11) is 0. The molecule has 0 bridgehead atoms. The van der Waals surface area contributed by atoms with Crippen molar-refractivity contribution in [1.29, 1.82) is 0 Å². The summed E-state index contributed by atoms with van der Waals surface area (Å²) in [6.07, 6.45) is 1.48. The van der Waals surface area contributed by atoms with Crippen LogP contribution in [0.4, 0.5) is 26.1 Å². The van der Waals surface area contributed by atoms with Gasteiger partial charge in [0.05, 0.1) is 18.4 Å². The molecule has 0 spiro atoms. The molecule has 3 N–H and O–H groups in total. The molecule has 1 aliphatic rings. The van der Waals surface area contributed by atoms with Crippen LogP contribution in [0.3, 0.4) is 0 Å². The summed E-state index contributed by atoms with van der Waals surface area (Å²) in [5, 5.41) is 10.4. The largest absolute Gasteiger partial charge is 0.362 e. The number of benzene rings is 2. The highest BCUT2D eigenvalue weighted by molar-refractivity contribution is 5.85. The Kier molecular flexibility index (Phi) is 4.62. The lowest BCUT2D eigenvalue weighted by Gasteiger charge is -2.20. The van der Waals surface area contributed by atoms with Gasteiger partial charge in [-0.15, -0.1) is 0 Å². The van der Waals surface area contributed by atoms with Crippen LogP contribution in [0.2, 0.25) is 0 Å². The van der Waals surface area contributed by atoms with Gasteiger partial charge in [-0.1, -0.05) is 12.1 Å². The van der Waals surface area contributed by atoms with E-state index in [4.69, 9.17) is 0 Å². The molecular formula is C23H20F2N6. The zero-order valence-corrected chi connectivity index (χ0v) is 17.0. The number of anilines is 3. The van der Waals surface area contributed by atoms with Crippen LogP contribution in [-0.2, 0) is 0 Å². The van der Waals surface area contributed by atoms with Gasteiger partial charge < -0.3 is 16.0 Å². The summed E-state index contributed by atoms with van der Waals surface area (Å²) >= 11 is 0. The average Bonchev–Trinajstić information content (AvgIpc) is 3.22. The Hall–Kier alpha value is -3.81. The summed E-state index contributed by atoms with van der Waals surface area (Å²) in [4.78, 5) is 13.2. The number of halogens is 2. The van der Waals surface area contributed by atoms with E-state index in [0.29, 0.717) is 29.1 Å². The molecule has 31 heavy (non-hydrogen) atoms. The standard InChI is InChI=1S/C23H20F2N6/c1-12-6-15(8-16(24)7-12)19-17(9-14-4-3-5-18(25)20(14)31-19)13(2)30-23-21-22(27-10-26-21)28-11-29-23/h3-9,11,13,26H,10H2,1-2H3,(H2,27,28,29,30)/t13-/m0/s1. The van der Waals surface area contributed by atoms with Gasteiger partial charge in [-0.3, -0.25) is 0 Å². The minimum atomic E-state index is -0.414. The number of hydrogen-bond acceptors (Lipinski definition) is 6. The fourth-order valence-corrected chi connectivity index (χ4v) is 3.91. The van der Waals surface area contributed by atoms with Crippen LogP contribution in [0.1, 0.15) is 24.1 Å². The third kappa shape index (κ3) is 3.50. The number of nitrogens with zero attached hydrogens (tertiary/aromatic N) is 3. The number of nitrogens with one attached hydrogen (secondary N) is 3. The van der Waals surface area contributed by atoms with E-state index < -0.39 is 5.82 Å². The molecule has 0 aliphatic carbocycles. The Morgan fingerprint density at radius 3 is 2.77 bits per heavy atom. The van der Waals surface area contributed by atoms with Crippen molar-refractivity contribution in [3.63, 3.8) is 0 Å². The Labute approximate surface area is 177 Å². The Bertz CT molecular complexity index is 1290. The summed E-state index contributed by atoms with van der Waals surface area (Å²) in [5.41, 5.74) is 3.74. The maximum absolute atomic E-state index is 14.5. The molecule has 0 radical (unpaired) electrons. The molecule has 2 aromatic carbocycles. The molecule has 0 saturated heterocycles. The summed E-state index contributed by atoms with van der Waals surface area (Å²) in [6.45, 7) is 4.36. The minimum absolute atomic E-state index is 0.250. The molecule has 0 amide bonds. The van der Waals surface area contributed by atoms with Crippen molar-refractivity contribution in [3.8, 4) is 11.3 Å². The van der Waals surface area contributed by atoms with E-state index in [2.05, 4.69) is 30.9 Å². The first-order valence-electron chi connectivity index (χ1n) is 9.95. The molecule has 1 atom stereocenters. The summed E-state index contributed by atoms with van der Waals surface area (Å²) < 4.78 is 28.7. The van der Waals surface area contributed by atoms with Gasteiger partial charge in [0.25, 0.3) is 0 Å². The first kappa shape index (κ1) is 19.2. The predicted octanol–water partition coefficient (Wildman–Crippen LogP) is 5.25. The highest BCUT2D eigenvalue weighted by atomic mass is 19.1. The van der Waals surface area contributed by atoms with Crippen molar-refractivity contribution in [3.05, 3.63) is 71.6 Å². The maximum atomic E-state index is 14.5. The van der Waals surface area contributed by atoms with Crippen LogP contribution in [0.25, 0.3) is 22.2 Å². The zero-order chi connectivity index (χ0) is 21.5. The molecule has 6 nitrogen and oxygen atoms in total. The quantitative estimate of drug-likeness (QED) is 0.421. The molecule has 0 unspecified atom stereocenters. The molecule has 4 aromatic rings. The topological polar surface area (TPSA) is 74.8 Å². The smallest absolute Gasteiger partial charge is 0.156 e. The fourth-order valence-electron chi connectivity index (χ4n) is 3.91. The number of hydrogen-bond donors (Lipinski definition) is 3. The number of pyridine rings is 1. The van der Waals surface area contributed by atoms with Gasteiger partial charge in [-0.25, -0.2) is 23.7 Å². The van der Waals surface area contributed by atoms with E-state index in [1.807, 2.05) is 32.0 Å². The van der Waals surface area contributed by atoms with Crippen molar-refractivity contribution in [1.82, 2.24) is 15.0 Å². The number of para-hydroxylation sites is 1. The molecule has 3 heterocycles. The van der Waals surface area contributed by atoms with Crippen LogP contribution in [0.5, 0.6) is 0 Å². The van der Waals surface area contributed by atoms with E-state index in [1.165, 1.54) is 24.5 Å². The Morgan fingerprint density at radius 1 is 1.06 bits per heavy atom. The average molecular weight is 418 g/mol. The fraction of sp³-hybridized carbons (Fsp3) is 0.174. The van der Waals surface area contributed by atoms with Crippen molar-refractivity contribution >= 4 is 28.2 Å². The van der Waals surface area contributed by atoms with Crippen molar-refractivity contribution in [2.24, 2.45) is 0 Å². The van der Waals surface area contributed by atoms with Gasteiger partial charge in [0.1, 0.15) is 29.2 Å². The molecule has 2 aromatic heterocycles. The second-order valence-corrected chi connectivity index (χ2v) is 7.60. The number of aromatic nitrogens is 3. The summed E-state index contributed by atoms with van der Waals surface area (Å²) in [6, 6.07) is 11.2. The van der Waals surface area contributed by atoms with Crippen LogP contribution in [0.15, 0.2) is 48.8 Å². The number of fused-ring (bicyclic) bond motifs is 2. The highest BCUT2D eigenvalue weighted by Gasteiger charge is 2.21. The van der Waals surface area contributed by atoms with Gasteiger partial charge in [-0.05, 0) is 49.7 Å². The minimum Gasteiger partial charge on any atom is -0.362 e. The molecule has 0 fully saturated rings. The Balaban J connectivity index is 1.65. The Morgan fingerprint density at radius 2 is 1.94 bits per heavy atom. The lowest BCUT2D eigenvalue weighted by atomic mass is 9.97. The molecule has 5 rings (SSSR count). The van der Waals surface area contributed by atoms with Crippen molar-refractivity contribution < 1.29 is 8.78 Å². The molecule has 156 valence electrons. The van der Waals surface area contributed by atoms with Crippen LogP contribution in [-0.4, -0.2) is 21.6 Å². The molecular weight excluding hydrogens is 398 g/mol. The molecule has 8 heteroatoms. The van der Waals surface area contributed by atoms with Crippen molar-refractivity contribution in [2.45, 2.75) is 19.9 Å². The van der Waals surface area contributed by atoms with E-state index >= 15 is 0 Å². The lowest BCUT2D eigenvalue weighted by molar-refractivity contribution is 0.627. The number of rotatable bonds is 4. The van der Waals surface area contributed by atoms with E-state index in [-0.39, 0.29) is 17.4 Å². The molecule has 0 saturated carbocycles. The van der Waals surface area contributed by atoms with Gasteiger partial charge in [0, 0.05) is 16.5 Å². The predicted molar refractivity (Wildman–Crippen MR) is 118 cm³/mol. The van der Waals surface area contributed by atoms with Gasteiger partial charge >= 0.3 is 0 Å². The first-order chi connectivity index (χ1) is 15.0. The SMILES string of the molecule is Cc1cc(F)cc(-c2nc3c(F)cccc3cc2[C@H](C)Nc2ncnc3c2NCN3)c1. The van der Waals surface area contributed by atoms with Gasteiger partial charge in [0.2, 0.25) is 0 Å². The van der Waals surface area contributed by atoms with Crippen LogP contribution >= 0.6 is 0 Å². The maximum Gasteiger partial charge on any atom is 0.156 e.